The summed E-state index contributed by atoms with van der Waals surface area (Å²) >= 11 is 0. The van der Waals surface area contributed by atoms with Crippen LogP contribution in [0.3, 0.4) is 0 Å². The number of nitrogens with zero attached hydrogens (tertiary/aromatic N) is 1. The molecule has 3 atom stereocenters. The average Bonchev–Trinajstić information content (AvgIpc) is 3.69. The van der Waals surface area contributed by atoms with E-state index >= 15 is 0 Å². The Bertz CT molecular complexity index is 1270. The molecular formula is C29H30FNO4. The Balaban J connectivity index is 1.41. The summed E-state index contributed by atoms with van der Waals surface area (Å²) in [5.74, 6) is 0.310. The number of fused-ring (bicyclic) bond motifs is 1. The van der Waals surface area contributed by atoms with Crippen LogP contribution in [0.5, 0.6) is 11.5 Å². The van der Waals surface area contributed by atoms with Gasteiger partial charge in [-0.05, 0) is 85.9 Å². The highest BCUT2D eigenvalue weighted by Gasteiger charge is 2.39. The Labute approximate surface area is 204 Å². The first-order valence-corrected chi connectivity index (χ1v) is 12.2. The van der Waals surface area contributed by atoms with Crippen molar-refractivity contribution in [1.82, 2.24) is 4.98 Å². The second-order valence-corrected chi connectivity index (χ2v) is 9.72. The topological polar surface area (TPSA) is 68.7 Å². The number of pyridine rings is 1. The van der Waals surface area contributed by atoms with Gasteiger partial charge in [-0.2, -0.15) is 0 Å². The lowest BCUT2D eigenvalue weighted by molar-refractivity contribution is -0.142. The van der Waals surface area contributed by atoms with Crippen LogP contribution < -0.4 is 9.47 Å². The Kier molecular flexibility index (Phi) is 6.22. The summed E-state index contributed by atoms with van der Waals surface area (Å²) in [4.78, 5) is 16.5. The number of methoxy groups -OCH3 is 1. The molecule has 1 saturated carbocycles. The number of carboxylic acid groups (broad SMARTS) is 1. The van der Waals surface area contributed by atoms with Gasteiger partial charge in [0.2, 0.25) is 0 Å². The van der Waals surface area contributed by atoms with Gasteiger partial charge in [0, 0.05) is 16.8 Å². The molecular weight excluding hydrogens is 445 g/mol. The molecule has 0 radical (unpaired) electrons. The fourth-order valence-corrected chi connectivity index (χ4v) is 5.26. The highest BCUT2D eigenvalue weighted by atomic mass is 19.1. The fourth-order valence-electron chi connectivity index (χ4n) is 5.26. The Morgan fingerprint density at radius 2 is 1.91 bits per heavy atom. The molecule has 2 heterocycles. The van der Waals surface area contributed by atoms with Gasteiger partial charge >= 0.3 is 5.97 Å². The Morgan fingerprint density at radius 3 is 2.60 bits per heavy atom. The third-order valence-electron chi connectivity index (χ3n) is 7.38. The number of ether oxygens (including phenoxy) is 2. The summed E-state index contributed by atoms with van der Waals surface area (Å²) in [5, 5.41) is 9.63. The number of halogens is 1. The van der Waals surface area contributed by atoms with E-state index in [0.717, 1.165) is 59.5 Å². The highest BCUT2D eigenvalue weighted by Crippen LogP contribution is 2.48. The number of carbonyl (C=O) groups is 1. The van der Waals surface area contributed by atoms with Crippen molar-refractivity contribution < 1.29 is 23.8 Å². The minimum atomic E-state index is -0.759. The van der Waals surface area contributed by atoms with Gasteiger partial charge < -0.3 is 14.6 Å². The number of benzene rings is 2. The van der Waals surface area contributed by atoms with Crippen molar-refractivity contribution in [2.75, 3.05) is 7.11 Å². The first kappa shape index (κ1) is 23.3. The highest BCUT2D eigenvalue weighted by molar-refractivity contribution is 5.71. The fraction of sp³-hybridized carbons (Fsp3) is 0.379. The Morgan fingerprint density at radius 1 is 1.11 bits per heavy atom. The number of aromatic nitrogens is 1. The largest absolute Gasteiger partial charge is 0.497 e. The molecule has 1 aliphatic heterocycles. The molecule has 1 aromatic heterocycles. The van der Waals surface area contributed by atoms with Crippen molar-refractivity contribution in [3.05, 3.63) is 76.9 Å². The third-order valence-corrected chi connectivity index (χ3v) is 7.38. The molecule has 35 heavy (non-hydrogen) atoms. The van der Waals surface area contributed by atoms with Gasteiger partial charge in [-0.1, -0.05) is 25.1 Å². The van der Waals surface area contributed by atoms with E-state index in [1.165, 1.54) is 6.07 Å². The lowest BCUT2D eigenvalue weighted by Gasteiger charge is -2.28. The quantitative estimate of drug-likeness (QED) is 0.423. The van der Waals surface area contributed by atoms with Gasteiger partial charge in [0.1, 0.15) is 23.4 Å². The van der Waals surface area contributed by atoms with E-state index in [2.05, 4.69) is 12.1 Å². The second kappa shape index (κ2) is 9.33. The van der Waals surface area contributed by atoms with Crippen molar-refractivity contribution >= 4 is 5.97 Å². The van der Waals surface area contributed by atoms with E-state index in [-0.39, 0.29) is 17.8 Å². The molecule has 2 aromatic carbocycles. The molecule has 5 nitrogen and oxygen atoms in total. The predicted octanol–water partition coefficient (Wildman–Crippen LogP) is 6.49. The molecule has 1 N–H and O–H groups in total. The summed E-state index contributed by atoms with van der Waals surface area (Å²) in [6, 6.07) is 14.7. The molecule has 1 aliphatic carbocycles. The SMILES string of the molecule is COc1ccc(F)c(-c2ccc(C3CCc4ccc(C(C5CC5)[C@H](C)C(=O)O)cc4O3)nc2C)c1. The molecule has 2 unspecified atom stereocenters. The minimum absolute atomic E-state index is 0.000750. The van der Waals surface area contributed by atoms with Crippen LogP contribution in [0.4, 0.5) is 4.39 Å². The van der Waals surface area contributed by atoms with E-state index in [1.54, 1.807) is 26.2 Å². The van der Waals surface area contributed by atoms with Crippen LogP contribution in [0.25, 0.3) is 11.1 Å². The number of aryl methyl sites for hydroxylation is 2. The van der Waals surface area contributed by atoms with Gasteiger partial charge in [0.15, 0.2) is 0 Å². The molecule has 0 amide bonds. The van der Waals surface area contributed by atoms with Crippen LogP contribution >= 0.6 is 0 Å². The van der Waals surface area contributed by atoms with E-state index < -0.39 is 11.9 Å². The molecule has 1 fully saturated rings. The molecule has 182 valence electrons. The lowest BCUT2D eigenvalue weighted by Crippen LogP contribution is -2.21. The number of carboxylic acids is 1. The number of hydrogen-bond donors (Lipinski definition) is 1. The minimum Gasteiger partial charge on any atom is -0.497 e. The zero-order chi connectivity index (χ0) is 24.7. The lowest BCUT2D eigenvalue weighted by atomic mass is 9.82. The zero-order valence-electron chi connectivity index (χ0n) is 20.3. The predicted molar refractivity (Wildman–Crippen MR) is 131 cm³/mol. The molecule has 0 saturated heterocycles. The van der Waals surface area contributed by atoms with E-state index in [9.17, 15) is 14.3 Å². The smallest absolute Gasteiger partial charge is 0.306 e. The molecule has 3 aromatic rings. The summed E-state index contributed by atoms with van der Waals surface area (Å²) in [6.45, 7) is 3.67. The van der Waals surface area contributed by atoms with Crippen molar-refractivity contribution in [2.24, 2.45) is 11.8 Å². The van der Waals surface area contributed by atoms with Crippen molar-refractivity contribution in [3.63, 3.8) is 0 Å². The maximum atomic E-state index is 14.5. The van der Waals surface area contributed by atoms with E-state index in [0.29, 0.717) is 17.2 Å². The normalized spacial score (nSPS) is 18.8. The van der Waals surface area contributed by atoms with Crippen LogP contribution in [0.15, 0.2) is 48.5 Å². The van der Waals surface area contributed by atoms with Crippen LogP contribution in [0, 0.1) is 24.6 Å². The molecule has 0 spiro atoms. The van der Waals surface area contributed by atoms with Gasteiger partial charge in [0.25, 0.3) is 0 Å². The van der Waals surface area contributed by atoms with Crippen molar-refractivity contribution in [2.45, 2.75) is 51.6 Å². The van der Waals surface area contributed by atoms with Gasteiger partial charge in [-0.3, -0.25) is 9.78 Å². The monoisotopic (exact) mass is 475 g/mol. The summed E-state index contributed by atoms with van der Waals surface area (Å²) in [7, 11) is 1.56. The Hall–Kier alpha value is -3.41. The zero-order valence-corrected chi connectivity index (χ0v) is 20.3. The first-order valence-electron chi connectivity index (χ1n) is 12.2. The second-order valence-electron chi connectivity index (χ2n) is 9.72. The summed E-state index contributed by atoms with van der Waals surface area (Å²) < 4.78 is 26.2. The maximum Gasteiger partial charge on any atom is 0.306 e. The van der Waals surface area contributed by atoms with Gasteiger partial charge in [0.05, 0.1) is 18.7 Å². The third kappa shape index (κ3) is 4.62. The molecule has 0 bridgehead atoms. The van der Waals surface area contributed by atoms with E-state index in [1.807, 2.05) is 25.1 Å². The number of rotatable bonds is 7. The van der Waals surface area contributed by atoms with Crippen LogP contribution in [-0.4, -0.2) is 23.2 Å². The average molecular weight is 476 g/mol. The van der Waals surface area contributed by atoms with Gasteiger partial charge in [-0.25, -0.2) is 4.39 Å². The molecule has 6 heteroatoms. The molecule has 2 aliphatic rings. The summed E-state index contributed by atoms with van der Waals surface area (Å²) in [5.41, 5.74) is 4.88. The standard InChI is InChI=1S/C29H30FNO4/c1-16(29(32)33)28(19-5-6-19)20-7-4-18-8-13-26(35-27(18)14-20)25-12-10-22(17(2)31-25)23-15-21(34-3)9-11-24(23)30/h4,7,9-12,14-16,19,26,28H,5-6,8,13H2,1-3H3,(H,32,33)/t16-,26?,28?/m0/s1. The van der Waals surface area contributed by atoms with Crippen LogP contribution in [0.1, 0.15) is 60.7 Å². The number of hydrogen-bond acceptors (Lipinski definition) is 4. The van der Waals surface area contributed by atoms with Gasteiger partial charge in [-0.15, -0.1) is 0 Å². The van der Waals surface area contributed by atoms with Crippen molar-refractivity contribution in [3.8, 4) is 22.6 Å². The first-order chi connectivity index (χ1) is 16.9. The maximum absolute atomic E-state index is 14.5. The molecule has 5 rings (SSSR count). The van der Waals surface area contributed by atoms with Crippen LogP contribution in [-0.2, 0) is 11.2 Å². The van der Waals surface area contributed by atoms with Crippen molar-refractivity contribution in [1.29, 1.82) is 0 Å². The number of aliphatic carboxylic acids is 1. The summed E-state index contributed by atoms with van der Waals surface area (Å²) in [6.07, 6.45) is 3.59. The van der Waals surface area contributed by atoms with E-state index in [4.69, 9.17) is 14.5 Å². The van der Waals surface area contributed by atoms with Crippen LogP contribution in [0.2, 0.25) is 0 Å².